The van der Waals surface area contributed by atoms with E-state index >= 15 is 0 Å². The number of nitrogens with one attached hydrogen (secondary N) is 2. The predicted octanol–water partition coefficient (Wildman–Crippen LogP) is 4.56. The Bertz CT molecular complexity index is 926. The SMILES string of the molecule is CCc1ccc(Nc2nc(C)cc(Nc3ccc4c(c3)OCO4)n2)cc1. The molecule has 0 radical (unpaired) electrons. The average Bonchev–Trinajstić information content (AvgIpc) is 3.09. The minimum absolute atomic E-state index is 0.260. The third-order valence-electron chi connectivity index (χ3n) is 4.12. The van der Waals surface area contributed by atoms with E-state index in [9.17, 15) is 0 Å². The number of anilines is 4. The summed E-state index contributed by atoms with van der Waals surface area (Å²) < 4.78 is 10.8. The first-order valence-corrected chi connectivity index (χ1v) is 8.58. The predicted molar refractivity (Wildman–Crippen MR) is 102 cm³/mol. The fourth-order valence-electron chi connectivity index (χ4n) is 2.76. The summed E-state index contributed by atoms with van der Waals surface area (Å²) in [6.45, 7) is 4.34. The quantitative estimate of drug-likeness (QED) is 0.704. The Kier molecular flexibility index (Phi) is 4.31. The molecule has 0 bridgehead atoms. The zero-order valence-electron chi connectivity index (χ0n) is 14.7. The molecule has 6 heteroatoms. The maximum Gasteiger partial charge on any atom is 0.231 e. The molecule has 0 saturated carbocycles. The molecule has 2 N–H and O–H groups in total. The Morgan fingerprint density at radius 1 is 0.885 bits per heavy atom. The second-order valence-corrected chi connectivity index (χ2v) is 6.09. The van der Waals surface area contributed by atoms with Crippen LogP contribution < -0.4 is 20.1 Å². The van der Waals surface area contributed by atoms with Crippen LogP contribution in [0.2, 0.25) is 0 Å². The summed E-state index contributed by atoms with van der Waals surface area (Å²) in [6, 6.07) is 15.9. The number of rotatable bonds is 5. The van der Waals surface area contributed by atoms with Gasteiger partial charge in [-0.05, 0) is 43.2 Å². The first-order valence-electron chi connectivity index (χ1n) is 8.58. The van der Waals surface area contributed by atoms with Crippen LogP contribution in [0.5, 0.6) is 11.5 Å². The summed E-state index contributed by atoms with van der Waals surface area (Å²) in [6.07, 6.45) is 1.02. The lowest BCUT2D eigenvalue weighted by Crippen LogP contribution is -2.02. The van der Waals surface area contributed by atoms with Crippen LogP contribution >= 0.6 is 0 Å². The Labute approximate surface area is 152 Å². The minimum atomic E-state index is 0.260. The summed E-state index contributed by atoms with van der Waals surface area (Å²) >= 11 is 0. The average molecular weight is 348 g/mol. The van der Waals surface area contributed by atoms with Crippen LogP contribution in [-0.4, -0.2) is 16.8 Å². The van der Waals surface area contributed by atoms with Crippen LogP contribution in [0.4, 0.5) is 23.1 Å². The van der Waals surface area contributed by atoms with E-state index < -0.39 is 0 Å². The molecule has 4 rings (SSSR count). The molecule has 0 saturated heterocycles. The zero-order chi connectivity index (χ0) is 17.9. The molecule has 0 amide bonds. The molecule has 1 aliphatic heterocycles. The number of hydrogen-bond donors (Lipinski definition) is 2. The van der Waals surface area contributed by atoms with Crippen molar-refractivity contribution in [1.82, 2.24) is 9.97 Å². The Hall–Kier alpha value is -3.28. The fraction of sp³-hybridized carbons (Fsp3) is 0.200. The molecule has 1 aliphatic rings. The van der Waals surface area contributed by atoms with Crippen molar-refractivity contribution in [3.8, 4) is 11.5 Å². The molecule has 26 heavy (non-hydrogen) atoms. The molecule has 0 atom stereocenters. The van der Waals surface area contributed by atoms with E-state index in [4.69, 9.17) is 9.47 Å². The van der Waals surface area contributed by atoms with E-state index in [2.05, 4.69) is 39.7 Å². The smallest absolute Gasteiger partial charge is 0.231 e. The van der Waals surface area contributed by atoms with Crippen molar-refractivity contribution in [1.29, 1.82) is 0 Å². The molecular formula is C20H20N4O2. The topological polar surface area (TPSA) is 68.3 Å². The molecule has 2 heterocycles. The summed E-state index contributed by atoms with van der Waals surface area (Å²) in [5.41, 5.74) is 4.01. The van der Waals surface area contributed by atoms with Crippen LogP contribution in [-0.2, 0) is 6.42 Å². The molecular weight excluding hydrogens is 328 g/mol. The van der Waals surface area contributed by atoms with Gasteiger partial charge in [-0.3, -0.25) is 0 Å². The molecule has 0 spiro atoms. The van der Waals surface area contributed by atoms with Crippen molar-refractivity contribution in [2.45, 2.75) is 20.3 Å². The van der Waals surface area contributed by atoms with Gasteiger partial charge in [0.05, 0.1) is 0 Å². The molecule has 0 aliphatic carbocycles. The van der Waals surface area contributed by atoms with Gasteiger partial charge in [0, 0.05) is 29.2 Å². The van der Waals surface area contributed by atoms with Gasteiger partial charge >= 0.3 is 0 Å². The molecule has 2 aromatic carbocycles. The number of benzene rings is 2. The van der Waals surface area contributed by atoms with Crippen molar-refractivity contribution in [2.24, 2.45) is 0 Å². The molecule has 0 fully saturated rings. The lowest BCUT2D eigenvalue weighted by atomic mass is 10.1. The van der Waals surface area contributed by atoms with Gasteiger partial charge in [-0.15, -0.1) is 0 Å². The lowest BCUT2D eigenvalue weighted by molar-refractivity contribution is 0.174. The second-order valence-electron chi connectivity index (χ2n) is 6.09. The number of ether oxygens (including phenoxy) is 2. The highest BCUT2D eigenvalue weighted by atomic mass is 16.7. The van der Waals surface area contributed by atoms with Crippen LogP contribution in [0.3, 0.4) is 0 Å². The molecule has 6 nitrogen and oxygen atoms in total. The largest absolute Gasteiger partial charge is 0.454 e. The fourth-order valence-corrected chi connectivity index (χ4v) is 2.76. The maximum absolute atomic E-state index is 5.41. The number of aryl methyl sites for hydroxylation is 2. The zero-order valence-corrected chi connectivity index (χ0v) is 14.7. The van der Waals surface area contributed by atoms with Gasteiger partial charge in [-0.1, -0.05) is 19.1 Å². The first kappa shape index (κ1) is 16.2. The molecule has 0 unspecified atom stereocenters. The van der Waals surface area contributed by atoms with Crippen LogP contribution in [0.15, 0.2) is 48.5 Å². The van der Waals surface area contributed by atoms with E-state index in [1.165, 1.54) is 5.56 Å². The highest BCUT2D eigenvalue weighted by molar-refractivity contribution is 5.63. The van der Waals surface area contributed by atoms with Crippen molar-refractivity contribution < 1.29 is 9.47 Å². The van der Waals surface area contributed by atoms with Crippen molar-refractivity contribution in [3.05, 3.63) is 59.8 Å². The van der Waals surface area contributed by atoms with Gasteiger partial charge in [0.15, 0.2) is 11.5 Å². The van der Waals surface area contributed by atoms with Crippen molar-refractivity contribution in [3.63, 3.8) is 0 Å². The second kappa shape index (κ2) is 6.92. The first-order chi connectivity index (χ1) is 12.7. The van der Waals surface area contributed by atoms with Crippen molar-refractivity contribution >= 4 is 23.1 Å². The Balaban J connectivity index is 1.53. The van der Waals surface area contributed by atoms with Crippen LogP contribution in [0.1, 0.15) is 18.2 Å². The van der Waals surface area contributed by atoms with E-state index in [-0.39, 0.29) is 6.79 Å². The normalized spacial score (nSPS) is 12.1. The highest BCUT2D eigenvalue weighted by Gasteiger charge is 2.13. The monoisotopic (exact) mass is 348 g/mol. The summed E-state index contributed by atoms with van der Waals surface area (Å²) in [5, 5.41) is 6.55. The number of fused-ring (bicyclic) bond motifs is 1. The lowest BCUT2D eigenvalue weighted by Gasteiger charge is -2.11. The maximum atomic E-state index is 5.41. The van der Waals surface area contributed by atoms with Gasteiger partial charge in [0.25, 0.3) is 0 Å². The number of aromatic nitrogens is 2. The molecule has 1 aromatic heterocycles. The van der Waals surface area contributed by atoms with E-state index in [1.807, 2.05) is 43.3 Å². The number of nitrogens with zero attached hydrogens (tertiary/aromatic N) is 2. The van der Waals surface area contributed by atoms with Gasteiger partial charge in [-0.25, -0.2) is 4.98 Å². The van der Waals surface area contributed by atoms with Gasteiger partial charge < -0.3 is 20.1 Å². The van der Waals surface area contributed by atoms with E-state index in [0.717, 1.165) is 35.0 Å². The third-order valence-corrected chi connectivity index (χ3v) is 4.12. The van der Waals surface area contributed by atoms with Gasteiger partial charge in [-0.2, -0.15) is 4.98 Å². The summed E-state index contributed by atoms with van der Waals surface area (Å²) in [4.78, 5) is 9.02. The molecule has 132 valence electrons. The van der Waals surface area contributed by atoms with Crippen LogP contribution in [0.25, 0.3) is 0 Å². The summed E-state index contributed by atoms with van der Waals surface area (Å²) in [7, 11) is 0. The Morgan fingerprint density at radius 2 is 1.65 bits per heavy atom. The van der Waals surface area contributed by atoms with Gasteiger partial charge in [0.2, 0.25) is 12.7 Å². The van der Waals surface area contributed by atoms with Crippen molar-refractivity contribution in [2.75, 3.05) is 17.4 Å². The number of hydrogen-bond acceptors (Lipinski definition) is 6. The third kappa shape index (κ3) is 3.54. The van der Waals surface area contributed by atoms with Crippen LogP contribution in [0, 0.1) is 6.92 Å². The van der Waals surface area contributed by atoms with E-state index in [1.54, 1.807) is 0 Å². The summed E-state index contributed by atoms with van der Waals surface area (Å²) in [5.74, 6) is 2.75. The minimum Gasteiger partial charge on any atom is -0.454 e. The molecule has 3 aromatic rings. The van der Waals surface area contributed by atoms with E-state index in [0.29, 0.717) is 11.8 Å². The standard InChI is InChI=1S/C20H20N4O2/c1-3-14-4-6-15(7-5-14)23-20-21-13(2)10-19(24-20)22-16-8-9-17-18(11-16)26-12-25-17/h4-11H,3,12H2,1-2H3,(H2,21,22,23,24). The Morgan fingerprint density at radius 3 is 2.46 bits per heavy atom. The van der Waals surface area contributed by atoms with Gasteiger partial charge in [0.1, 0.15) is 5.82 Å². The highest BCUT2D eigenvalue weighted by Crippen LogP contribution is 2.35.